The number of benzene rings is 1. The maximum Gasteiger partial charge on any atom is 0.118 e. The molecule has 0 aromatic heterocycles. The molecule has 1 aromatic carbocycles. The molecular weight excluding hydrogens is 222 g/mol. The summed E-state index contributed by atoms with van der Waals surface area (Å²) in [5.41, 5.74) is 8.95. The van der Waals surface area contributed by atoms with Gasteiger partial charge < -0.3 is 10.5 Å². The van der Waals surface area contributed by atoms with E-state index >= 15 is 0 Å². The summed E-state index contributed by atoms with van der Waals surface area (Å²) >= 11 is 0. The van der Waals surface area contributed by atoms with Gasteiger partial charge in [-0.05, 0) is 49.8 Å². The minimum atomic E-state index is 0.276. The van der Waals surface area contributed by atoms with E-state index in [2.05, 4.69) is 18.2 Å². The topological polar surface area (TPSA) is 35.2 Å². The van der Waals surface area contributed by atoms with Crippen molar-refractivity contribution in [2.45, 2.75) is 44.6 Å². The van der Waals surface area contributed by atoms with E-state index in [-0.39, 0.29) is 6.04 Å². The molecule has 0 aliphatic heterocycles. The molecule has 0 heterocycles. The summed E-state index contributed by atoms with van der Waals surface area (Å²) in [7, 11) is 1.70. The highest BCUT2D eigenvalue weighted by Gasteiger charge is 2.08. The van der Waals surface area contributed by atoms with E-state index < -0.39 is 0 Å². The summed E-state index contributed by atoms with van der Waals surface area (Å²) in [6.45, 7) is 0. The van der Waals surface area contributed by atoms with E-state index in [0.29, 0.717) is 0 Å². The van der Waals surface area contributed by atoms with E-state index in [4.69, 9.17) is 10.5 Å². The molecule has 0 bridgehead atoms. The molecule has 1 aliphatic carbocycles. The smallest absolute Gasteiger partial charge is 0.118 e. The predicted molar refractivity (Wildman–Crippen MR) is 75.8 cm³/mol. The van der Waals surface area contributed by atoms with Crippen molar-refractivity contribution in [2.24, 2.45) is 5.73 Å². The molecule has 2 rings (SSSR count). The van der Waals surface area contributed by atoms with Crippen LogP contribution in [0.1, 0.15) is 37.7 Å². The quantitative estimate of drug-likeness (QED) is 0.825. The van der Waals surface area contributed by atoms with Crippen LogP contribution in [0.5, 0.6) is 5.75 Å². The van der Waals surface area contributed by atoms with Gasteiger partial charge in [-0.15, -0.1) is 0 Å². The van der Waals surface area contributed by atoms with Gasteiger partial charge in [0.15, 0.2) is 0 Å². The average Bonchev–Trinajstić information content (AvgIpc) is 2.61. The number of hydrogen-bond donors (Lipinski definition) is 1. The van der Waals surface area contributed by atoms with Crippen molar-refractivity contribution in [1.82, 2.24) is 0 Å². The maximum absolute atomic E-state index is 6.04. The molecule has 0 saturated carbocycles. The highest BCUT2D eigenvalue weighted by atomic mass is 16.5. The lowest BCUT2D eigenvalue weighted by Crippen LogP contribution is -2.15. The number of methoxy groups -OCH3 is 1. The summed E-state index contributed by atoms with van der Waals surface area (Å²) in [5.74, 6) is 0.925. The van der Waals surface area contributed by atoms with Gasteiger partial charge in [-0.3, -0.25) is 0 Å². The third kappa shape index (κ3) is 3.88. The number of hydrogen-bond acceptors (Lipinski definition) is 2. The zero-order chi connectivity index (χ0) is 12.8. The van der Waals surface area contributed by atoms with Gasteiger partial charge in [-0.2, -0.15) is 0 Å². The van der Waals surface area contributed by atoms with Gasteiger partial charge in [0, 0.05) is 6.04 Å². The SMILES string of the molecule is COc1ccc(CCC2=CC(N)CCCC2)cc1. The van der Waals surface area contributed by atoms with Crippen LogP contribution in [0.2, 0.25) is 0 Å². The summed E-state index contributed by atoms with van der Waals surface area (Å²) in [4.78, 5) is 0. The zero-order valence-electron chi connectivity index (χ0n) is 11.2. The van der Waals surface area contributed by atoms with Crippen molar-refractivity contribution in [3.8, 4) is 5.75 Å². The zero-order valence-corrected chi connectivity index (χ0v) is 11.2. The van der Waals surface area contributed by atoms with Gasteiger partial charge in [0.05, 0.1) is 7.11 Å². The third-order valence-corrected chi connectivity index (χ3v) is 3.63. The highest BCUT2D eigenvalue weighted by Crippen LogP contribution is 2.21. The summed E-state index contributed by atoms with van der Waals surface area (Å²) in [6.07, 6.45) is 9.46. The Hall–Kier alpha value is -1.28. The number of rotatable bonds is 4. The maximum atomic E-state index is 6.04. The Labute approximate surface area is 110 Å². The number of nitrogens with two attached hydrogens (primary N) is 1. The van der Waals surface area contributed by atoms with Crippen LogP contribution in [0.4, 0.5) is 0 Å². The van der Waals surface area contributed by atoms with Crippen LogP contribution in [0.3, 0.4) is 0 Å². The molecular formula is C16H23NO. The van der Waals surface area contributed by atoms with Crippen molar-refractivity contribution in [3.63, 3.8) is 0 Å². The monoisotopic (exact) mass is 245 g/mol. The van der Waals surface area contributed by atoms with E-state index in [1.54, 1.807) is 7.11 Å². The highest BCUT2D eigenvalue weighted by molar-refractivity contribution is 5.27. The Bertz CT molecular complexity index is 394. The average molecular weight is 245 g/mol. The molecule has 0 spiro atoms. The molecule has 18 heavy (non-hydrogen) atoms. The van der Waals surface area contributed by atoms with Crippen LogP contribution in [-0.4, -0.2) is 13.2 Å². The normalized spacial score (nSPS) is 20.1. The van der Waals surface area contributed by atoms with Crippen LogP contribution in [-0.2, 0) is 6.42 Å². The number of ether oxygens (including phenoxy) is 1. The second-order valence-electron chi connectivity index (χ2n) is 5.08. The van der Waals surface area contributed by atoms with Gasteiger partial charge in [0.1, 0.15) is 5.75 Å². The molecule has 1 aromatic rings. The fourth-order valence-electron chi connectivity index (χ4n) is 2.51. The molecule has 0 saturated heterocycles. The lowest BCUT2D eigenvalue weighted by atomic mass is 10.0. The standard InChI is InChI=1S/C16H23NO/c1-18-16-10-8-13(9-11-16)6-7-14-4-2-3-5-15(17)12-14/h8-12,15H,2-7,17H2,1H3. The van der Waals surface area contributed by atoms with Gasteiger partial charge in [0.2, 0.25) is 0 Å². The molecule has 2 N–H and O–H groups in total. The van der Waals surface area contributed by atoms with Crippen LogP contribution in [0.15, 0.2) is 35.9 Å². The Kier molecular flexibility index (Phi) is 4.82. The summed E-state index contributed by atoms with van der Waals surface area (Å²) < 4.78 is 5.17. The molecule has 1 unspecified atom stereocenters. The molecule has 0 amide bonds. The molecule has 2 nitrogen and oxygen atoms in total. The first-order chi connectivity index (χ1) is 8.78. The van der Waals surface area contributed by atoms with E-state index in [1.165, 1.54) is 30.4 Å². The lowest BCUT2D eigenvalue weighted by molar-refractivity contribution is 0.414. The van der Waals surface area contributed by atoms with Gasteiger partial charge >= 0.3 is 0 Å². The Morgan fingerprint density at radius 1 is 1.17 bits per heavy atom. The van der Waals surface area contributed by atoms with Crippen molar-refractivity contribution in [2.75, 3.05) is 7.11 Å². The first-order valence-corrected chi connectivity index (χ1v) is 6.86. The van der Waals surface area contributed by atoms with E-state index in [9.17, 15) is 0 Å². The van der Waals surface area contributed by atoms with E-state index in [1.807, 2.05) is 12.1 Å². The van der Waals surface area contributed by atoms with E-state index in [0.717, 1.165) is 25.0 Å². The molecule has 0 radical (unpaired) electrons. The van der Waals surface area contributed by atoms with Crippen LogP contribution < -0.4 is 10.5 Å². The Balaban J connectivity index is 1.89. The fourth-order valence-corrected chi connectivity index (χ4v) is 2.51. The summed E-state index contributed by atoms with van der Waals surface area (Å²) in [5, 5.41) is 0. The predicted octanol–water partition coefficient (Wildman–Crippen LogP) is 3.46. The van der Waals surface area contributed by atoms with Crippen molar-refractivity contribution < 1.29 is 4.74 Å². The first-order valence-electron chi connectivity index (χ1n) is 6.86. The fraction of sp³-hybridized carbons (Fsp3) is 0.500. The lowest BCUT2D eigenvalue weighted by Gasteiger charge is -2.07. The number of allylic oxidation sites excluding steroid dienone is 1. The van der Waals surface area contributed by atoms with Gasteiger partial charge in [-0.25, -0.2) is 0 Å². The van der Waals surface area contributed by atoms with Crippen LogP contribution >= 0.6 is 0 Å². The second-order valence-corrected chi connectivity index (χ2v) is 5.08. The molecule has 1 atom stereocenters. The third-order valence-electron chi connectivity index (χ3n) is 3.63. The Morgan fingerprint density at radius 3 is 2.67 bits per heavy atom. The number of aryl methyl sites for hydroxylation is 1. The van der Waals surface area contributed by atoms with Crippen LogP contribution in [0.25, 0.3) is 0 Å². The molecule has 2 heteroatoms. The molecule has 0 fully saturated rings. The minimum absolute atomic E-state index is 0.276. The minimum Gasteiger partial charge on any atom is -0.497 e. The summed E-state index contributed by atoms with van der Waals surface area (Å²) in [6, 6.07) is 8.63. The molecule has 1 aliphatic rings. The van der Waals surface area contributed by atoms with Crippen molar-refractivity contribution >= 4 is 0 Å². The largest absolute Gasteiger partial charge is 0.497 e. The van der Waals surface area contributed by atoms with Crippen molar-refractivity contribution in [1.29, 1.82) is 0 Å². The van der Waals surface area contributed by atoms with Crippen LogP contribution in [0, 0.1) is 0 Å². The van der Waals surface area contributed by atoms with Gasteiger partial charge in [-0.1, -0.05) is 30.2 Å². The van der Waals surface area contributed by atoms with Crippen molar-refractivity contribution in [3.05, 3.63) is 41.5 Å². The molecule has 98 valence electrons. The second kappa shape index (κ2) is 6.60. The Morgan fingerprint density at radius 2 is 1.94 bits per heavy atom. The first kappa shape index (κ1) is 13.2. The van der Waals surface area contributed by atoms with Gasteiger partial charge in [0.25, 0.3) is 0 Å².